The Morgan fingerprint density at radius 3 is 2.68 bits per heavy atom. The minimum atomic E-state index is -0.436. The second-order valence-electron chi connectivity index (χ2n) is 3.69. The van der Waals surface area contributed by atoms with Crippen molar-refractivity contribution < 1.29 is 9.60 Å². The Bertz CT molecular complexity index is 634. The molecular weight excluding hydrogens is 287 g/mol. The molecule has 0 amide bonds. The van der Waals surface area contributed by atoms with Crippen LogP contribution < -0.4 is 5.73 Å². The van der Waals surface area contributed by atoms with Crippen molar-refractivity contribution in [2.75, 3.05) is 0 Å². The van der Waals surface area contributed by atoms with E-state index in [1.165, 1.54) is 17.8 Å². The lowest BCUT2D eigenvalue weighted by molar-refractivity contribution is 0.318. The standard InChI is InChI=1S/C13H10ClFN2OS/c14-9-2-1-3-10(7-9)19-12-5-4-8(6-11(12)15)13(16)17-18/h1-7,18H,(H2,16,17). The van der Waals surface area contributed by atoms with E-state index in [9.17, 15) is 4.39 Å². The van der Waals surface area contributed by atoms with Crippen LogP contribution in [0.3, 0.4) is 0 Å². The quantitative estimate of drug-likeness (QED) is 0.393. The van der Waals surface area contributed by atoms with Crippen molar-refractivity contribution in [2.24, 2.45) is 10.9 Å². The van der Waals surface area contributed by atoms with Crippen molar-refractivity contribution in [1.82, 2.24) is 0 Å². The molecule has 2 aromatic rings. The molecule has 0 aliphatic rings. The van der Waals surface area contributed by atoms with Crippen molar-refractivity contribution in [2.45, 2.75) is 9.79 Å². The molecule has 0 saturated heterocycles. The number of rotatable bonds is 3. The molecule has 0 aromatic heterocycles. The molecule has 0 unspecified atom stereocenters. The van der Waals surface area contributed by atoms with Crippen LogP contribution in [0, 0.1) is 5.82 Å². The average molecular weight is 297 g/mol. The zero-order valence-corrected chi connectivity index (χ0v) is 11.2. The Morgan fingerprint density at radius 2 is 2.05 bits per heavy atom. The van der Waals surface area contributed by atoms with Crippen LogP contribution in [0.25, 0.3) is 0 Å². The highest BCUT2D eigenvalue weighted by molar-refractivity contribution is 7.99. The smallest absolute Gasteiger partial charge is 0.170 e. The lowest BCUT2D eigenvalue weighted by Crippen LogP contribution is -2.13. The monoisotopic (exact) mass is 296 g/mol. The van der Waals surface area contributed by atoms with Crippen LogP contribution in [0.4, 0.5) is 4.39 Å². The lowest BCUT2D eigenvalue weighted by Gasteiger charge is -2.05. The fraction of sp³-hybridized carbons (Fsp3) is 0. The molecule has 0 fully saturated rings. The molecule has 0 saturated carbocycles. The number of nitrogens with two attached hydrogens (primary N) is 1. The molecule has 3 nitrogen and oxygen atoms in total. The van der Waals surface area contributed by atoms with Crippen LogP contribution in [-0.4, -0.2) is 11.0 Å². The Hall–Kier alpha value is -1.72. The number of benzene rings is 2. The van der Waals surface area contributed by atoms with Gasteiger partial charge in [0.25, 0.3) is 0 Å². The van der Waals surface area contributed by atoms with Gasteiger partial charge in [-0.15, -0.1) is 0 Å². The minimum absolute atomic E-state index is 0.127. The molecule has 19 heavy (non-hydrogen) atoms. The van der Waals surface area contributed by atoms with Gasteiger partial charge in [0.1, 0.15) is 5.82 Å². The van der Waals surface area contributed by atoms with E-state index in [-0.39, 0.29) is 5.84 Å². The fourth-order valence-corrected chi connectivity index (χ4v) is 2.59. The van der Waals surface area contributed by atoms with Gasteiger partial charge in [-0.05, 0) is 36.4 Å². The number of amidine groups is 1. The predicted octanol–water partition coefficient (Wildman–Crippen LogP) is 3.72. The van der Waals surface area contributed by atoms with E-state index in [0.717, 1.165) is 4.90 Å². The number of hydrogen-bond acceptors (Lipinski definition) is 3. The summed E-state index contributed by atoms with van der Waals surface area (Å²) in [5.74, 6) is -0.563. The molecule has 0 aliphatic heterocycles. The summed E-state index contributed by atoms with van der Waals surface area (Å²) in [7, 11) is 0. The average Bonchev–Trinajstić information content (AvgIpc) is 2.40. The highest BCUT2D eigenvalue weighted by atomic mass is 35.5. The van der Waals surface area contributed by atoms with Crippen LogP contribution in [0.2, 0.25) is 5.02 Å². The van der Waals surface area contributed by atoms with Crippen molar-refractivity contribution in [3.8, 4) is 0 Å². The third-order valence-corrected chi connectivity index (χ3v) is 3.64. The van der Waals surface area contributed by atoms with E-state index in [4.69, 9.17) is 22.5 Å². The lowest BCUT2D eigenvalue weighted by atomic mass is 10.2. The Morgan fingerprint density at radius 1 is 1.26 bits per heavy atom. The summed E-state index contributed by atoms with van der Waals surface area (Å²) in [6, 6.07) is 11.5. The third kappa shape index (κ3) is 3.39. The largest absolute Gasteiger partial charge is 0.409 e. The van der Waals surface area contributed by atoms with Gasteiger partial charge in [0, 0.05) is 20.4 Å². The summed E-state index contributed by atoms with van der Waals surface area (Å²) in [4.78, 5) is 1.28. The molecule has 0 aliphatic carbocycles. The van der Waals surface area contributed by atoms with Crippen LogP contribution in [0.15, 0.2) is 57.4 Å². The number of hydrogen-bond donors (Lipinski definition) is 2. The number of nitrogens with zero attached hydrogens (tertiary/aromatic N) is 1. The summed E-state index contributed by atoms with van der Waals surface area (Å²) in [6.07, 6.45) is 0. The number of halogens is 2. The number of oxime groups is 1. The van der Waals surface area contributed by atoms with Gasteiger partial charge >= 0.3 is 0 Å². The predicted molar refractivity (Wildman–Crippen MR) is 74.5 cm³/mol. The summed E-state index contributed by atoms with van der Waals surface area (Å²) in [5, 5.41) is 12.0. The Labute approximate surface area is 118 Å². The first-order valence-corrected chi connectivity index (χ1v) is 6.50. The van der Waals surface area contributed by atoms with E-state index in [1.54, 1.807) is 30.3 Å². The van der Waals surface area contributed by atoms with Crippen LogP contribution in [-0.2, 0) is 0 Å². The van der Waals surface area contributed by atoms with Crippen LogP contribution in [0.5, 0.6) is 0 Å². The highest BCUT2D eigenvalue weighted by Gasteiger charge is 2.08. The molecule has 0 atom stereocenters. The van der Waals surface area contributed by atoms with Gasteiger partial charge in [0.2, 0.25) is 0 Å². The third-order valence-electron chi connectivity index (χ3n) is 2.36. The van der Waals surface area contributed by atoms with Crippen molar-refractivity contribution in [1.29, 1.82) is 0 Å². The minimum Gasteiger partial charge on any atom is -0.409 e. The molecule has 3 N–H and O–H groups in total. The van der Waals surface area contributed by atoms with Gasteiger partial charge in [0.05, 0.1) is 0 Å². The van der Waals surface area contributed by atoms with Gasteiger partial charge in [-0.2, -0.15) is 0 Å². The summed E-state index contributed by atoms with van der Waals surface area (Å²) < 4.78 is 13.9. The summed E-state index contributed by atoms with van der Waals surface area (Å²) >= 11 is 7.12. The zero-order chi connectivity index (χ0) is 13.8. The molecule has 6 heteroatoms. The second-order valence-corrected chi connectivity index (χ2v) is 5.24. The van der Waals surface area contributed by atoms with Crippen LogP contribution >= 0.6 is 23.4 Å². The molecular formula is C13H10ClFN2OS. The molecule has 2 rings (SSSR count). The topological polar surface area (TPSA) is 58.6 Å². The molecule has 2 aromatic carbocycles. The molecule has 0 heterocycles. The van der Waals surface area contributed by atoms with Crippen LogP contribution in [0.1, 0.15) is 5.56 Å². The van der Waals surface area contributed by atoms with Gasteiger partial charge in [-0.25, -0.2) is 4.39 Å². The van der Waals surface area contributed by atoms with E-state index in [2.05, 4.69) is 5.16 Å². The van der Waals surface area contributed by atoms with E-state index < -0.39 is 5.82 Å². The first-order valence-electron chi connectivity index (χ1n) is 5.31. The first-order chi connectivity index (χ1) is 9.10. The van der Waals surface area contributed by atoms with E-state index in [1.807, 2.05) is 6.07 Å². The Kier molecular flexibility index (Phi) is 4.29. The van der Waals surface area contributed by atoms with E-state index >= 15 is 0 Å². The maximum absolute atomic E-state index is 13.9. The van der Waals surface area contributed by atoms with E-state index in [0.29, 0.717) is 15.5 Å². The molecule has 0 spiro atoms. The molecule has 0 radical (unpaired) electrons. The van der Waals surface area contributed by atoms with Crippen molar-refractivity contribution in [3.05, 3.63) is 58.9 Å². The van der Waals surface area contributed by atoms with Gasteiger partial charge in [-0.3, -0.25) is 0 Å². The first kappa shape index (κ1) is 13.7. The van der Waals surface area contributed by atoms with Gasteiger partial charge < -0.3 is 10.9 Å². The zero-order valence-electron chi connectivity index (χ0n) is 9.68. The Balaban J connectivity index is 2.27. The van der Waals surface area contributed by atoms with Gasteiger partial charge in [0.15, 0.2) is 5.84 Å². The fourth-order valence-electron chi connectivity index (χ4n) is 1.46. The normalized spacial score (nSPS) is 11.6. The van der Waals surface area contributed by atoms with Gasteiger partial charge in [-0.1, -0.05) is 34.6 Å². The van der Waals surface area contributed by atoms with Crippen molar-refractivity contribution >= 4 is 29.2 Å². The summed E-state index contributed by atoms with van der Waals surface area (Å²) in [6.45, 7) is 0. The molecule has 98 valence electrons. The maximum Gasteiger partial charge on any atom is 0.170 e. The molecule has 0 bridgehead atoms. The maximum atomic E-state index is 13.9. The second kappa shape index (κ2) is 5.95. The highest BCUT2D eigenvalue weighted by Crippen LogP contribution is 2.31. The summed E-state index contributed by atoms with van der Waals surface area (Å²) in [5.41, 5.74) is 5.72. The SMILES string of the molecule is NC(=NO)c1ccc(Sc2cccc(Cl)c2)c(F)c1. The van der Waals surface area contributed by atoms with Crippen molar-refractivity contribution in [3.63, 3.8) is 0 Å².